The molecule has 1 aliphatic heterocycles. The molecule has 0 radical (unpaired) electrons. The summed E-state index contributed by atoms with van der Waals surface area (Å²) in [5.74, 6) is 0. The van der Waals surface area contributed by atoms with Gasteiger partial charge in [0.1, 0.15) is 0 Å². The van der Waals surface area contributed by atoms with E-state index in [-0.39, 0.29) is 6.10 Å². The Balaban J connectivity index is 2.24. The number of benzene rings is 1. The summed E-state index contributed by atoms with van der Waals surface area (Å²) in [4.78, 5) is 0. The van der Waals surface area contributed by atoms with Gasteiger partial charge in [0.25, 0.3) is 0 Å². The molecule has 2 rings (SSSR count). The third kappa shape index (κ3) is 3.54. The van der Waals surface area contributed by atoms with Crippen LogP contribution < -0.4 is 0 Å². The van der Waals surface area contributed by atoms with Crippen LogP contribution in [-0.2, 0) is 8.85 Å². The van der Waals surface area contributed by atoms with Gasteiger partial charge in [-0.2, -0.15) is 0 Å². The van der Waals surface area contributed by atoms with Gasteiger partial charge in [-0.25, -0.2) is 0 Å². The molecule has 0 saturated carbocycles. The Labute approximate surface area is 111 Å². The maximum Gasteiger partial charge on any atom is 0.332 e. The Morgan fingerprint density at radius 1 is 1.22 bits per heavy atom. The Morgan fingerprint density at radius 3 is 2.61 bits per heavy atom. The van der Waals surface area contributed by atoms with Crippen molar-refractivity contribution in [2.45, 2.75) is 39.0 Å². The molecule has 18 heavy (non-hydrogen) atoms. The maximum atomic E-state index is 6.13. The average Bonchev–Trinajstić information content (AvgIpc) is 2.49. The Morgan fingerprint density at radius 2 is 1.94 bits per heavy atom. The first-order valence-corrected chi connectivity index (χ1v) is 9.50. The van der Waals surface area contributed by atoms with Crippen molar-refractivity contribution in [3.05, 3.63) is 42.0 Å². The molecule has 1 aromatic rings. The maximum absolute atomic E-state index is 6.13. The van der Waals surface area contributed by atoms with Gasteiger partial charge < -0.3 is 8.85 Å². The van der Waals surface area contributed by atoms with E-state index in [0.29, 0.717) is 6.61 Å². The van der Waals surface area contributed by atoms with Gasteiger partial charge in [0.05, 0.1) is 12.7 Å². The summed E-state index contributed by atoms with van der Waals surface area (Å²) in [6.07, 6.45) is 4.65. The van der Waals surface area contributed by atoms with Crippen LogP contribution in [0.25, 0.3) is 5.57 Å². The molecule has 0 aliphatic carbocycles. The topological polar surface area (TPSA) is 18.5 Å². The zero-order valence-electron chi connectivity index (χ0n) is 11.5. The fourth-order valence-electron chi connectivity index (χ4n) is 2.22. The lowest BCUT2D eigenvalue weighted by molar-refractivity contribution is 0.162. The second kappa shape index (κ2) is 5.82. The molecule has 0 spiro atoms. The molecule has 0 aromatic heterocycles. The van der Waals surface area contributed by atoms with E-state index in [9.17, 15) is 0 Å². The van der Waals surface area contributed by atoms with Crippen molar-refractivity contribution in [2.24, 2.45) is 0 Å². The molecule has 0 bridgehead atoms. The largest absolute Gasteiger partial charge is 0.390 e. The van der Waals surface area contributed by atoms with Crippen LogP contribution in [0.4, 0.5) is 0 Å². The van der Waals surface area contributed by atoms with E-state index in [0.717, 1.165) is 12.8 Å². The Hall–Kier alpha value is -0.903. The molecule has 1 aliphatic rings. The zero-order valence-corrected chi connectivity index (χ0v) is 12.5. The average molecular weight is 262 g/mol. The summed E-state index contributed by atoms with van der Waals surface area (Å²) >= 11 is 0. The van der Waals surface area contributed by atoms with Gasteiger partial charge in [0.15, 0.2) is 0 Å². The molecule has 1 aromatic carbocycles. The standard InChI is InChI=1S/C15H22O2Si/c1-4-8-15-11-14(12-16-18(2,3)17-15)13-9-6-5-7-10-13/h5-7,9-11,15H,4,8,12H2,1-3H3. The van der Waals surface area contributed by atoms with Gasteiger partial charge in [-0.05, 0) is 30.7 Å². The minimum atomic E-state index is -1.97. The van der Waals surface area contributed by atoms with Crippen LogP contribution in [0.2, 0.25) is 13.1 Å². The summed E-state index contributed by atoms with van der Waals surface area (Å²) < 4.78 is 12.1. The summed E-state index contributed by atoms with van der Waals surface area (Å²) in [7, 11) is -1.97. The van der Waals surface area contributed by atoms with Gasteiger partial charge in [-0.1, -0.05) is 49.8 Å². The molecule has 1 heterocycles. The summed E-state index contributed by atoms with van der Waals surface area (Å²) in [6.45, 7) is 7.11. The van der Waals surface area contributed by atoms with Gasteiger partial charge in [0.2, 0.25) is 0 Å². The molecular weight excluding hydrogens is 240 g/mol. The van der Waals surface area contributed by atoms with Crippen molar-refractivity contribution in [3.8, 4) is 0 Å². The molecule has 0 N–H and O–H groups in total. The molecule has 0 fully saturated rings. The number of hydrogen-bond acceptors (Lipinski definition) is 2. The molecule has 1 unspecified atom stereocenters. The van der Waals surface area contributed by atoms with E-state index < -0.39 is 8.56 Å². The van der Waals surface area contributed by atoms with Crippen molar-refractivity contribution in [1.29, 1.82) is 0 Å². The third-order valence-electron chi connectivity index (χ3n) is 3.12. The normalized spacial score (nSPS) is 23.3. The molecule has 98 valence electrons. The van der Waals surface area contributed by atoms with Crippen LogP contribution in [0, 0.1) is 0 Å². The van der Waals surface area contributed by atoms with E-state index in [4.69, 9.17) is 8.85 Å². The highest BCUT2D eigenvalue weighted by Crippen LogP contribution is 2.25. The Bertz CT molecular complexity index is 412. The van der Waals surface area contributed by atoms with Crippen LogP contribution in [0.1, 0.15) is 25.3 Å². The van der Waals surface area contributed by atoms with Crippen molar-refractivity contribution >= 4 is 14.1 Å². The van der Waals surface area contributed by atoms with Crippen LogP contribution in [-0.4, -0.2) is 21.3 Å². The van der Waals surface area contributed by atoms with E-state index >= 15 is 0 Å². The quantitative estimate of drug-likeness (QED) is 0.767. The molecular formula is C15H22O2Si. The van der Waals surface area contributed by atoms with Gasteiger partial charge in [0, 0.05) is 0 Å². The van der Waals surface area contributed by atoms with Gasteiger partial charge in [-0.15, -0.1) is 0 Å². The highest BCUT2D eigenvalue weighted by atomic mass is 28.4. The predicted molar refractivity (Wildman–Crippen MR) is 77.6 cm³/mol. The van der Waals surface area contributed by atoms with E-state index in [1.165, 1.54) is 11.1 Å². The minimum absolute atomic E-state index is 0.203. The van der Waals surface area contributed by atoms with Crippen LogP contribution in [0.15, 0.2) is 36.4 Å². The highest BCUT2D eigenvalue weighted by Gasteiger charge is 2.31. The highest BCUT2D eigenvalue weighted by molar-refractivity contribution is 6.64. The first-order chi connectivity index (χ1) is 8.61. The lowest BCUT2D eigenvalue weighted by atomic mass is 10.0. The van der Waals surface area contributed by atoms with Crippen LogP contribution in [0.3, 0.4) is 0 Å². The van der Waals surface area contributed by atoms with Crippen molar-refractivity contribution < 1.29 is 8.85 Å². The van der Waals surface area contributed by atoms with Gasteiger partial charge >= 0.3 is 8.56 Å². The molecule has 0 saturated heterocycles. The monoisotopic (exact) mass is 262 g/mol. The van der Waals surface area contributed by atoms with Crippen molar-refractivity contribution in [3.63, 3.8) is 0 Å². The predicted octanol–water partition coefficient (Wildman–Crippen LogP) is 3.99. The van der Waals surface area contributed by atoms with E-state index in [1.54, 1.807) is 0 Å². The Kier molecular flexibility index (Phi) is 4.38. The second-order valence-corrected chi connectivity index (χ2v) is 8.52. The minimum Gasteiger partial charge on any atom is -0.390 e. The molecule has 2 nitrogen and oxygen atoms in total. The smallest absolute Gasteiger partial charge is 0.332 e. The lowest BCUT2D eigenvalue weighted by Crippen LogP contribution is -2.37. The van der Waals surface area contributed by atoms with Gasteiger partial charge in [-0.3, -0.25) is 0 Å². The number of hydrogen-bond donors (Lipinski definition) is 0. The van der Waals surface area contributed by atoms with E-state index in [2.05, 4.69) is 50.4 Å². The lowest BCUT2D eigenvalue weighted by Gasteiger charge is -2.24. The van der Waals surface area contributed by atoms with Crippen molar-refractivity contribution in [1.82, 2.24) is 0 Å². The molecule has 0 amide bonds. The second-order valence-electron chi connectivity index (χ2n) is 5.19. The SMILES string of the molecule is CCCC1C=C(c2ccccc2)CO[Si](C)(C)O1. The summed E-state index contributed by atoms with van der Waals surface area (Å²) in [5.41, 5.74) is 2.50. The molecule has 1 atom stereocenters. The fourth-order valence-corrected chi connectivity index (χ4v) is 3.70. The fraction of sp³-hybridized carbons (Fsp3) is 0.467. The number of rotatable bonds is 3. The van der Waals surface area contributed by atoms with Crippen molar-refractivity contribution in [2.75, 3.05) is 6.61 Å². The zero-order chi connectivity index (χ0) is 13.0. The van der Waals surface area contributed by atoms with E-state index in [1.807, 2.05) is 6.07 Å². The van der Waals surface area contributed by atoms with Crippen LogP contribution in [0.5, 0.6) is 0 Å². The third-order valence-corrected chi connectivity index (χ3v) is 4.83. The first-order valence-electron chi connectivity index (χ1n) is 6.68. The first kappa shape index (κ1) is 13.5. The van der Waals surface area contributed by atoms with Crippen LogP contribution >= 0.6 is 0 Å². The summed E-state index contributed by atoms with van der Waals surface area (Å²) in [6, 6.07) is 10.5. The molecule has 3 heteroatoms. The summed E-state index contributed by atoms with van der Waals surface area (Å²) in [5, 5.41) is 0.